The number of hydrogen-bond donors (Lipinski definition) is 1. The number of ether oxygens (including phenoxy) is 1. The van der Waals surface area contributed by atoms with E-state index in [1.165, 1.54) is 0 Å². The predicted octanol–water partition coefficient (Wildman–Crippen LogP) is 2.30. The highest BCUT2D eigenvalue weighted by Crippen LogP contribution is 2.16. The molecule has 28 heavy (non-hydrogen) atoms. The van der Waals surface area contributed by atoms with Crippen molar-refractivity contribution in [3.63, 3.8) is 0 Å². The first kappa shape index (κ1) is 19.2. The first-order chi connectivity index (χ1) is 13.7. The van der Waals surface area contributed by atoms with Crippen LogP contribution in [0, 0.1) is 0 Å². The van der Waals surface area contributed by atoms with Crippen LogP contribution < -0.4 is 5.32 Å². The Labute approximate surface area is 162 Å². The number of nitrogens with one attached hydrogen (secondary N) is 1. The van der Waals surface area contributed by atoms with E-state index in [1.54, 1.807) is 53.2 Å². The molecule has 1 heterocycles. The molecule has 0 spiro atoms. The lowest BCUT2D eigenvalue weighted by atomic mass is 10.1. The number of amides is 1. The fraction of sp³-hybridized carbons (Fsp3) is 0.250. The normalized spacial score (nSPS) is 11.6. The van der Waals surface area contributed by atoms with Crippen LogP contribution >= 0.6 is 0 Å². The van der Waals surface area contributed by atoms with Crippen molar-refractivity contribution >= 4 is 11.9 Å². The number of carbonyl (C=O) groups excluding carboxylic acids is 2. The smallest absolute Gasteiger partial charge is 0.333 e. The van der Waals surface area contributed by atoms with Gasteiger partial charge in [-0.25, -0.2) is 9.48 Å². The fourth-order valence-electron chi connectivity index (χ4n) is 2.66. The van der Waals surface area contributed by atoms with Gasteiger partial charge < -0.3 is 10.1 Å². The second-order valence-electron chi connectivity index (χ2n) is 6.11. The van der Waals surface area contributed by atoms with Gasteiger partial charge in [0.05, 0.1) is 0 Å². The Bertz CT molecular complexity index is 912. The minimum absolute atomic E-state index is 0.0730. The van der Waals surface area contributed by atoms with Crippen molar-refractivity contribution in [2.45, 2.75) is 32.5 Å². The quantitative estimate of drug-likeness (QED) is 0.603. The Morgan fingerprint density at radius 3 is 2.43 bits per heavy atom. The molecule has 3 rings (SSSR count). The molecular formula is C20H21N5O3. The molecule has 8 heteroatoms. The molecule has 1 atom stereocenters. The van der Waals surface area contributed by atoms with Crippen molar-refractivity contribution in [2.24, 2.45) is 0 Å². The van der Waals surface area contributed by atoms with E-state index in [9.17, 15) is 9.59 Å². The predicted molar refractivity (Wildman–Crippen MR) is 101 cm³/mol. The largest absolute Gasteiger partial charge is 0.456 e. The fourth-order valence-corrected chi connectivity index (χ4v) is 2.66. The highest BCUT2D eigenvalue weighted by molar-refractivity contribution is 5.97. The highest BCUT2D eigenvalue weighted by atomic mass is 16.5. The first-order valence-corrected chi connectivity index (χ1v) is 9.01. The third-order valence-electron chi connectivity index (χ3n) is 4.07. The highest BCUT2D eigenvalue weighted by Gasteiger charge is 2.25. The number of hydrogen-bond acceptors (Lipinski definition) is 6. The SMILES string of the molecule is CCCn1nnnc1COC(=O)C(NC(=O)c1ccccc1)c1ccccc1. The van der Waals surface area contributed by atoms with Crippen molar-refractivity contribution in [3.8, 4) is 0 Å². The zero-order chi connectivity index (χ0) is 19.8. The van der Waals surface area contributed by atoms with Gasteiger partial charge in [0.2, 0.25) is 0 Å². The summed E-state index contributed by atoms with van der Waals surface area (Å²) in [5.41, 5.74) is 1.09. The lowest BCUT2D eigenvalue weighted by Gasteiger charge is -2.18. The van der Waals surface area contributed by atoms with Crippen LogP contribution in [0.5, 0.6) is 0 Å². The third-order valence-corrected chi connectivity index (χ3v) is 4.07. The topological polar surface area (TPSA) is 99.0 Å². The van der Waals surface area contributed by atoms with E-state index in [2.05, 4.69) is 20.8 Å². The molecule has 1 amide bonds. The van der Waals surface area contributed by atoms with E-state index in [-0.39, 0.29) is 12.5 Å². The summed E-state index contributed by atoms with van der Waals surface area (Å²) in [6, 6.07) is 16.7. The molecule has 8 nitrogen and oxygen atoms in total. The molecule has 1 aromatic heterocycles. The number of tetrazole rings is 1. The summed E-state index contributed by atoms with van der Waals surface area (Å²) < 4.78 is 7.00. The lowest BCUT2D eigenvalue weighted by molar-refractivity contribution is -0.147. The van der Waals surface area contributed by atoms with Crippen molar-refractivity contribution in [1.29, 1.82) is 0 Å². The van der Waals surface area contributed by atoms with E-state index >= 15 is 0 Å². The Hall–Kier alpha value is -3.55. The Morgan fingerprint density at radius 2 is 1.75 bits per heavy atom. The molecule has 0 aliphatic carbocycles. The number of aromatic nitrogens is 4. The van der Waals surface area contributed by atoms with Gasteiger partial charge in [0.1, 0.15) is 0 Å². The third kappa shape index (κ3) is 4.79. The van der Waals surface area contributed by atoms with E-state index in [0.717, 1.165) is 6.42 Å². The zero-order valence-corrected chi connectivity index (χ0v) is 15.5. The van der Waals surface area contributed by atoms with Gasteiger partial charge in [0, 0.05) is 12.1 Å². The Kier molecular flexibility index (Phi) is 6.46. The minimum Gasteiger partial charge on any atom is -0.456 e. The molecule has 144 valence electrons. The summed E-state index contributed by atoms with van der Waals surface area (Å²) in [5, 5.41) is 14.1. The number of esters is 1. The molecule has 0 fully saturated rings. The number of benzene rings is 2. The van der Waals surface area contributed by atoms with Crippen LogP contribution in [0.3, 0.4) is 0 Å². The maximum absolute atomic E-state index is 12.8. The zero-order valence-electron chi connectivity index (χ0n) is 15.5. The van der Waals surface area contributed by atoms with E-state index in [1.807, 2.05) is 19.1 Å². The molecule has 0 bridgehead atoms. The Morgan fingerprint density at radius 1 is 1.07 bits per heavy atom. The van der Waals surface area contributed by atoms with Gasteiger partial charge in [-0.05, 0) is 34.5 Å². The minimum atomic E-state index is -0.940. The van der Waals surface area contributed by atoms with Gasteiger partial charge in [-0.3, -0.25) is 4.79 Å². The van der Waals surface area contributed by atoms with Gasteiger partial charge in [-0.15, -0.1) is 5.10 Å². The summed E-state index contributed by atoms with van der Waals surface area (Å²) in [4.78, 5) is 25.3. The number of aryl methyl sites for hydroxylation is 1. The molecule has 1 N–H and O–H groups in total. The van der Waals surface area contributed by atoms with Crippen LogP contribution in [0.1, 0.15) is 41.1 Å². The first-order valence-electron chi connectivity index (χ1n) is 9.01. The van der Waals surface area contributed by atoms with E-state index in [4.69, 9.17) is 4.74 Å². The second-order valence-corrected chi connectivity index (χ2v) is 6.11. The molecule has 0 aliphatic heterocycles. The number of carbonyl (C=O) groups is 2. The van der Waals surface area contributed by atoms with Crippen LogP contribution in [0.25, 0.3) is 0 Å². The van der Waals surface area contributed by atoms with Gasteiger partial charge in [0.25, 0.3) is 5.91 Å². The van der Waals surface area contributed by atoms with Crippen LogP contribution in [0.2, 0.25) is 0 Å². The van der Waals surface area contributed by atoms with Gasteiger partial charge >= 0.3 is 5.97 Å². The average molecular weight is 379 g/mol. The standard InChI is InChI=1S/C20H21N5O3/c1-2-13-25-17(22-23-24-25)14-28-20(27)18(15-9-5-3-6-10-15)21-19(26)16-11-7-4-8-12-16/h3-12,18H,2,13-14H2,1H3,(H,21,26). The molecule has 3 aromatic rings. The van der Waals surface area contributed by atoms with E-state index < -0.39 is 12.0 Å². The molecule has 0 saturated carbocycles. The van der Waals surface area contributed by atoms with Crippen molar-refractivity contribution in [1.82, 2.24) is 25.5 Å². The number of rotatable bonds is 8. The maximum atomic E-state index is 12.8. The summed E-state index contributed by atoms with van der Waals surface area (Å²) in [7, 11) is 0. The van der Waals surface area contributed by atoms with Crippen LogP contribution in [-0.4, -0.2) is 32.1 Å². The molecule has 0 aliphatic rings. The van der Waals surface area contributed by atoms with Crippen LogP contribution in [-0.2, 0) is 22.7 Å². The second kappa shape index (κ2) is 9.40. The monoisotopic (exact) mass is 379 g/mol. The number of nitrogens with zero attached hydrogens (tertiary/aromatic N) is 4. The summed E-state index contributed by atoms with van der Waals surface area (Å²) in [5.74, 6) is -0.486. The summed E-state index contributed by atoms with van der Waals surface area (Å²) in [6.45, 7) is 2.56. The van der Waals surface area contributed by atoms with Crippen molar-refractivity contribution in [3.05, 3.63) is 77.6 Å². The maximum Gasteiger partial charge on any atom is 0.333 e. The van der Waals surface area contributed by atoms with Crippen molar-refractivity contribution in [2.75, 3.05) is 0 Å². The Balaban J connectivity index is 1.74. The van der Waals surface area contributed by atoms with Gasteiger partial charge in [-0.2, -0.15) is 0 Å². The molecule has 0 radical (unpaired) electrons. The summed E-state index contributed by atoms with van der Waals surface area (Å²) in [6.07, 6.45) is 0.853. The summed E-state index contributed by atoms with van der Waals surface area (Å²) >= 11 is 0. The van der Waals surface area contributed by atoms with Crippen LogP contribution in [0.4, 0.5) is 0 Å². The van der Waals surface area contributed by atoms with Gasteiger partial charge in [0.15, 0.2) is 18.5 Å². The molecule has 0 saturated heterocycles. The lowest BCUT2D eigenvalue weighted by Crippen LogP contribution is -2.35. The average Bonchev–Trinajstić information content (AvgIpc) is 3.18. The van der Waals surface area contributed by atoms with E-state index in [0.29, 0.717) is 23.5 Å². The van der Waals surface area contributed by atoms with Crippen molar-refractivity contribution < 1.29 is 14.3 Å². The molecule has 2 aromatic carbocycles. The molecular weight excluding hydrogens is 358 g/mol. The van der Waals surface area contributed by atoms with Gasteiger partial charge in [-0.1, -0.05) is 55.5 Å². The molecule has 1 unspecified atom stereocenters. The van der Waals surface area contributed by atoms with Crippen LogP contribution in [0.15, 0.2) is 60.7 Å².